The second-order valence-electron chi connectivity index (χ2n) is 10.8. The number of ether oxygens (including phenoxy) is 2. The monoisotopic (exact) mass is 696 g/mol. The van der Waals surface area contributed by atoms with Crippen molar-refractivity contribution in [2.24, 2.45) is 0 Å². The molecule has 2 aliphatic rings. The van der Waals surface area contributed by atoms with Crippen LogP contribution in [0.1, 0.15) is 54.4 Å². The van der Waals surface area contributed by atoms with Gasteiger partial charge in [0.25, 0.3) is 0 Å². The Morgan fingerprint density at radius 1 is 0.763 bits per heavy atom. The lowest BCUT2D eigenvalue weighted by Crippen LogP contribution is -2.40. The molecule has 2 fully saturated rings. The van der Waals surface area contributed by atoms with Crippen LogP contribution in [0.25, 0.3) is 0 Å². The molecule has 4 heterocycles. The van der Waals surface area contributed by atoms with Gasteiger partial charge in [0.05, 0.1) is 12.1 Å². The van der Waals surface area contributed by atoms with Gasteiger partial charge in [-0.1, -0.05) is 22.7 Å². The molecule has 0 aliphatic carbocycles. The van der Waals surface area contributed by atoms with Gasteiger partial charge in [-0.25, -0.2) is 9.59 Å². The number of nitrogens with one attached hydrogen (secondary N) is 2. The van der Waals surface area contributed by atoms with Gasteiger partial charge in [0.2, 0.25) is 10.3 Å². The zero-order chi connectivity index (χ0) is 28.1. The number of nitrogens with zero attached hydrogens (tertiary/aromatic N) is 6. The quantitative estimate of drug-likeness (QED) is 0.459. The smallest absolute Gasteiger partial charge is 0.407 e. The van der Waals surface area contributed by atoms with Crippen molar-refractivity contribution in [2.75, 3.05) is 36.0 Å². The van der Waals surface area contributed by atoms with Gasteiger partial charge in [-0.3, -0.25) is 0 Å². The summed E-state index contributed by atoms with van der Waals surface area (Å²) in [6, 6.07) is 0.190. The molecule has 2 aromatic heterocycles. The third-order valence-corrected chi connectivity index (χ3v) is 7.97. The van der Waals surface area contributed by atoms with E-state index in [2.05, 4.69) is 72.7 Å². The molecule has 2 aromatic rings. The first kappa shape index (κ1) is 30.8. The number of halogens is 2. The molecule has 4 rings (SSSR count). The second kappa shape index (κ2) is 13.0. The van der Waals surface area contributed by atoms with Gasteiger partial charge in [0, 0.05) is 26.2 Å². The van der Waals surface area contributed by atoms with Crippen LogP contribution in [0.15, 0.2) is 7.83 Å². The molecule has 0 bridgehead atoms. The minimum Gasteiger partial charge on any atom is -0.444 e. The first-order valence-electron chi connectivity index (χ1n) is 12.1. The number of carbonyl (C=O) groups excluding carboxylic acids is 2. The molecule has 0 radical (unpaired) electrons. The Morgan fingerprint density at radius 2 is 1.13 bits per heavy atom. The van der Waals surface area contributed by atoms with Gasteiger partial charge < -0.3 is 29.9 Å². The van der Waals surface area contributed by atoms with Crippen LogP contribution in [0.5, 0.6) is 0 Å². The summed E-state index contributed by atoms with van der Waals surface area (Å²) in [5, 5.41) is 23.5. The highest BCUT2D eigenvalue weighted by Crippen LogP contribution is 2.28. The minimum atomic E-state index is -0.466. The van der Waals surface area contributed by atoms with Crippen molar-refractivity contribution in [3.63, 3.8) is 0 Å². The first-order chi connectivity index (χ1) is 17.7. The van der Waals surface area contributed by atoms with E-state index in [0.29, 0.717) is 0 Å². The SMILES string of the molecule is CC(C)(C)OC(=O)N[C@@H]1CCN(c2nnc(Br)s2)C1.CC(C)(C)OC(=O)N[C@H]1CCN(c2nnc(Br)s2)C1. The van der Waals surface area contributed by atoms with Crippen molar-refractivity contribution in [3.8, 4) is 0 Å². The predicted octanol–water partition coefficient (Wildman–Crippen LogP) is 4.81. The molecule has 38 heavy (non-hydrogen) atoms. The number of aromatic nitrogens is 4. The summed E-state index contributed by atoms with van der Waals surface area (Å²) in [6.07, 6.45) is 1.04. The maximum Gasteiger partial charge on any atom is 0.407 e. The molecule has 2 N–H and O–H groups in total. The molecule has 2 aliphatic heterocycles. The van der Waals surface area contributed by atoms with Gasteiger partial charge >= 0.3 is 12.2 Å². The molecule has 2 saturated heterocycles. The van der Waals surface area contributed by atoms with Crippen molar-refractivity contribution in [1.29, 1.82) is 0 Å². The van der Waals surface area contributed by atoms with Crippen LogP contribution in [0.3, 0.4) is 0 Å². The van der Waals surface area contributed by atoms with Crippen LogP contribution in [0.4, 0.5) is 19.9 Å². The van der Waals surface area contributed by atoms with Crippen molar-refractivity contribution < 1.29 is 19.1 Å². The number of amides is 2. The summed E-state index contributed by atoms with van der Waals surface area (Å²) in [7, 11) is 0. The van der Waals surface area contributed by atoms with E-state index in [1.54, 1.807) is 0 Å². The Morgan fingerprint density at radius 3 is 1.42 bits per heavy atom. The minimum absolute atomic E-state index is 0.0949. The zero-order valence-electron chi connectivity index (χ0n) is 22.3. The van der Waals surface area contributed by atoms with E-state index in [4.69, 9.17) is 9.47 Å². The summed E-state index contributed by atoms with van der Waals surface area (Å²) in [6.45, 7) is 14.3. The second-order valence-corrected chi connectivity index (χ2v) is 15.3. The van der Waals surface area contributed by atoms with E-state index in [1.807, 2.05) is 41.5 Å². The molecule has 2 atom stereocenters. The van der Waals surface area contributed by atoms with E-state index >= 15 is 0 Å². The molecule has 2 amide bonds. The number of hydrogen-bond donors (Lipinski definition) is 2. The molecule has 12 nitrogen and oxygen atoms in total. The average molecular weight is 699 g/mol. The van der Waals surface area contributed by atoms with E-state index in [9.17, 15) is 9.59 Å². The van der Waals surface area contributed by atoms with Gasteiger partial charge in [0.15, 0.2) is 7.83 Å². The van der Waals surface area contributed by atoms with Crippen LogP contribution < -0.4 is 20.4 Å². The van der Waals surface area contributed by atoms with Crippen molar-refractivity contribution in [1.82, 2.24) is 31.0 Å². The Kier molecular flexibility index (Phi) is 10.6. The normalized spacial score (nSPS) is 19.6. The van der Waals surface area contributed by atoms with Gasteiger partial charge in [-0.05, 0) is 86.2 Å². The standard InChI is InChI=1S/2C11H17BrN4O2S/c2*1-11(2,3)18-10(17)13-7-4-5-16(6-7)9-15-14-8(12)19-9/h2*7H,4-6H2,1-3H3,(H,13,17)/t2*7-/m10/s1. The van der Waals surface area contributed by atoms with Crippen LogP contribution >= 0.6 is 54.5 Å². The number of alkyl carbamates (subject to hydrolysis) is 2. The van der Waals surface area contributed by atoms with Crippen LogP contribution in [-0.4, -0.2) is 82.0 Å². The molecule has 0 spiro atoms. The Labute approximate surface area is 247 Å². The van der Waals surface area contributed by atoms with E-state index < -0.39 is 11.2 Å². The van der Waals surface area contributed by atoms with Crippen molar-refractivity contribution >= 4 is 77.0 Å². The van der Waals surface area contributed by atoms with E-state index in [1.165, 1.54) is 22.7 Å². The fraction of sp³-hybridized carbons (Fsp3) is 0.727. The number of anilines is 2. The fourth-order valence-corrected chi connectivity index (χ4v) is 5.95. The summed E-state index contributed by atoms with van der Waals surface area (Å²) in [5.74, 6) is 0. The maximum absolute atomic E-state index is 11.7. The third kappa shape index (κ3) is 10.4. The highest BCUT2D eigenvalue weighted by molar-refractivity contribution is 9.11. The lowest BCUT2D eigenvalue weighted by Gasteiger charge is -2.21. The predicted molar refractivity (Wildman–Crippen MR) is 155 cm³/mol. The molecule has 0 unspecified atom stereocenters. The Bertz CT molecular complexity index is 1000. The van der Waals surface area contributed by atoms with Gasteiger partial charge in [0.1, 0.15) is 11.2 Å². The largest absolute Gasteiger partial charge is 0.444 e. The highest BCUT2D eigenvalue weighted by atomic mass is 79.9. The summed E-state index contributed by atoms with van der Waals surface area (Å²) < 4.78 is 12.0. The highest BCUT2D eigenvalue weighted by Gasteiger charge is 2.29. The van der Waals surface area contributed by atoms with E-state index in [0.717, 1.165) is 57.1 Å². The maximum atomic E-state index is 11.7. The van der Waals surface area contributed by atoms with Crippen LogP contribution in [0.2, 0.25) is 0 Å². The summed E-state index contributed by atoms with van der Waals surface area (Å²) >= 11 is 9.58. The van der Waals surface area contributed by atoms with Crippen molar-refractivity contribution in [3.05, 3.63) is 7.83 Å². The molecule has 212 valence electrons. The van der Waals surface area contributed by atoms with Crippen LogP contribution in [-0.2, 0) is 9.47 Å². The number of hydrogen-bond acceptors (Lipinski definition) is 12. The van der Waals surface area contributed by atoms with E-state index in [-0.39, 0.29) is 24.3 Å². The van der Waals surface area contributed by atoms with Gasteiger partial charge in [-0.2, -0.15) is 0 Å². The topological polar surface area (TPSA) is 135 Å². The molecule has 0 saturated carbocycles. The van der Waals surface area contributed by atoms with Crippen molar-refractivity contribution in [2.45, 2.75) is 77.7 Å². The fourth-order valence-electron chi connectivity index (χ4n) is 3.70. The lowest BCUT2D eigenvalue weighted by atomic mass is 10.2. The zero-order valence-corrected chi connectivity index (χ0v) is 27.1. The van der Waals surface area contributed by atoms with Crippen LogP contribution in [0, 0.1) is 0 Å². The Hall–Kier alpha value is -1.78. The number of rotatable bonds is 4. The molecular weight excluding hydrogens is 664 g/mol. The average Bonchev–Trinajstić information content (AvgIpc) is 3.54. The Balaban J connectivity index is 0.000000211. The number of carbonyl (C=O) groups is 2. The third-order valence-electron chi connectivity index (χ3n) is 5.14. The van der Waals surface area contributed by atoms with Gasteiger partial charge in [-0.15, -0.1) is 20.4 Å². The first-order valence-corrected chi connectivity index (χ1v) is 15.4. The summed E-state index contributed by atoms with van der Waals surface area (Å²) in [4.78, 5) is 27.6. The summed E-state index contributed by atoms with van der Waals surface area (Å²) in [5.41, 5.74) is -0.932. The molecular formula is C22H34Br2N8O4S2. The molecule has 0 aromatic carbocycles. The lowest BCUT2D eigenvalue weighted by molar-refractivity contribution is 0.0497. The molecule has 16 heteroatoms.